The average Bonchev–Trinajstić information content (AvgIpc) is 3.29. The zero-order valence-electron chi connectivity index (χ0n) is 16.0. The van der Waals surface area contributed by atoms with Gasteiger partial charge in [0.15, 0.2) is 17.4 Å². The number of aromatic nitrogens is 5. The molecule has 0 bridgehead atoms. The number of carbonyl (C=O) groups excluding carboxylic acids is 1. The maximum Gasteiger partial charge on any atom is 0.301 e. The Bertz CT molecular complexity index is 1530. The Balaban J connectivity index is 1.65. The first kappa shape index (κ1) is 18.2. The standard InChI is InChI=1S/C19H15N7O3S/c1-12(27)23-15-3-4-18-21-8-19(25(18)11-15)30(28,29)26-17-5-13(14-9-24(2)10-14)6-20-16(17)7-22-26/h3-11H,1-2H3/p+1. The molecule has 0 saturated carbocycles. The van der Waals surface area contributed by atoms with Crippen LogP contribution >= 0.6 is 0 Å². The van der Waals surface area contributed by atoms with Gasteiger partial charge in [-0.3, -0.25) is 14.2 Å². The molecule has 0 aromatic carbocycles. The lowest BCUT2D eigenvalue weighted by Crippen LogP contribution is -2.17. The molecule has 1 N–H and O–H groups in total. The normalized spacial score (nSPS) is 13.8. The Morgan fingerprint density at radius 2 is 1.97 bits per heavy atom. The van der Waals surface area contributed by atoms with E-state index in [2.05, 4.69) is 20.4 Å². The van der Waals surface area contributed by atoms with Crippen LogP contribution in [-0.2, 0) is 14.8 Å². The summed E-state index contributed by atoms with van der Waals surface area (Å²) in [4.78, 5) is 19.9. The number of nitrogens with zero attached hydrogens (tertiary/aromatic N) is 6. The average molecular weight is 422 g/mol. The lowest BCUT2D eigenvalue weighted by Gasteiger charge is -2.09. The van der Waals surface area contributed by atoms with Crippen molar-refractivity contribution in [2.45, 2.75) is 11.9 Å². The Morgan fingerprint density at radius 1 is 1.17 bits per heavy atom. The number of hydrogen-bond donors (Lipinski definition) is 1. The van der Waals surface area contributed by atoms with Crippen molar-refractivity contribution < 1.29 is 17.8 Å². The summed E-state index contributed by atoms with van der Waals surface area (Å²) in [6.07, 6.45) is 9.72. The van der Waals surface area contributed by atoms with Crippen LogP contribution in [0.5, 0.6) is 0 Å². The molecule has 0 radical (unpaired) electrons. The van der Waals surface area contributed by atoms with E-state index in [0.29, 0.717) is 22.4 Å². The number of carbonyl (C=O) groups is 1. The zero-order valence-corrected chi connectivity index (χ0v) is 16.8. The molecule has 0 spiro atoms. The molecule has 1 amide bonds. The monoisotopic (exact) mass is 422 g/mol. The number of amides is 1. The van der Waals surface area contributed by atoms with Crippen molar-refractivity contribution in [3.05, 3.63) is 54.7 Å². The van der Waals surface area contributed by atoms with Crippen LogP contribution in [0.4, 0.5) is 5.69 Å². The van der Waals surface area contributed by atoms with E-state index in [-0.39, 0.29) is 10.9 Å². The van der Waals surface area contributed by atoms with Crippen molar-refractivity contribution >= 4 is 50.1 Å². The molecular formula is C19H16N7O3S+. The second-order valence-corrected chi connectivity index (χ2v) is 8.64. The van der Waals surface area contributed by atoms with Crippen LogP contribution in [0.25, 0.3) is 22.3 Å². The van der Waals surface area contributed by atoms with Crippen LogP contribution in [0.15, 0.2) is 54.2 Å². The Hall–Kier alpha value is -3.86. The van der Waals surface area contributed by atoms with E-state index >= 15 is 0 Å². The highest BCUT2D eigenvalue weighted by Gasteiger charge is 2.26. The fourth-order valence-corrected chi connectivity index (χ4v) is 4.66. The number of anilines is 1. The minimum Gasteiger partial charge on any atom is -0.325 e. The molecule has 5 heterocycles. The summed E-state index contributed by atoms with van der Waals surface area (Å²) in [6, 6.07) is 5.02. The Kier molecular flexibility index (Phi) is 3.83. The summed E-state index contributed by atoms with van der Waals surface area (Å²) in [5, 5.41) is 6.64. The molecule has 11 heteroatoms. The molecule has 0 atom stereocenters. The molecular weight excluding hydrogens is 406 g/mol. The van der Waals surface area contributed by atoms with Gasteiger partial charge in [0, 0.05) is 24.9 Å². The lowest BCUT2D eigenvalue weighted by atomic mass is 10.1. The van der Waals surface area contributed by atoms with Gasteiger partial charge in [0.1, 0.15) is 29.3 Å². The highest BCUT2D eigenvalue weighted by Crippen LogP contribution is 2.25. The summed E-state index contributed by atoms with van der Waals surface area (Å²) >= 11 is 0. The zero-order chi connectivity index (χ0) is 21.0. The summed E-state index contributed by atoms with van der Waals surface area (Å²) < 4.78 is 31.1. The van der Waals surface area contributed by atoms with E-state index in [0.717, 1.165) is 15.2 Å². The van der Waals surface area contributed by atoms with Crippen LogP contribution in [0.3, 0.4) is 0 Å². The van der Waals surface area contributed by atoms with Crippen molar-refractivity contribution in [2.24, 2.45) is 0 Å². The first-order chi connectivity index (χ1) is 14.3. The second-order valence-electron chi connectivity index (χ2n) is 6.92. The third kappa shape index (κ3) is 2.78. The molecule has 5 rings (SSSR count). The molecule has 0 unspecified atom stereocenters. The number of pyridine rings is 2. The first-order valence-corrected chi connectivity index (χ1v) is 10.4. The molecule has 0 saturated heterocycles. The van der Waals surface area contributed by atoms with Gasteiger partial charge in [0.2, 0.25) is 5.91 Å². The van der Waals surface area contributed by atoms with Gasteiger partial charge in [0.05, 0.1) is 18.1 Å². The van der Waals surface area contributed by atoms with Gasteiger partial charge in [-0.2, -0.15) is 17.6 Å². The number of nitrogens with one attached hydrogen (secondary N) is 1. The first-order valence-electron chi connectivity index (χ1n) is 8.96. The fraction of sp³-hybridized carbons (Fsp3) is 0.105. The van der Waals surface area contributed by atoms with Crippen LogP contribution in [0, 0.1) is 0 Å². The highest BCUT2D eigenvalue weighted by molar-refractivity contribution is 7.90. The van der Waals surface area contributed by atoms with E-state index in [4.69, 9.17) is 0 Å². The second kappa shape index (κ2) is 6.32. The van der Waals surface area contributed by atoms with Crippen molar-refractivity contribution in [2.75, 3.05) is 12.4 Å². The maximum absolute atomic E-state index is 13.4. The summed E-state index contributed by atoms with van der Waals surface area (Å²) in [6.45, 7) is 1.38. The van der Waals surface area contributed by atoms with Crippen molar-refractivity contribution in [3.63, 3.8) is 0 Å². The lowest BCUT2D eigenvalue weighted by molar-refractivity contribution is -0.423. The largest absolute Gasteiger partial charge is 0.325 e. The molecule has 4 aromatic rings. The number of hydrogen-bond acceptors (Lipinski definition) is 6. The van der Waals surface area contributed by atoms with Gasteiger partial charge < -0.3 is 5.32 Å². The Labute approximate surface area is 170 Å². The van der Waals surface area contributed by atoms with Gasteiger partial charge in [0.25, 0.3) is 0 Å². The van der Waals surface area contributed by atoms with E-state index < -0.39 is 10.0 Å². The number of rotatable bonds is 4. The van der Waals surface area contributed by atoms with Gasteiger partial charge in [-0.25, -0.2) is 9.56 Å². The third-order valence-corrected chi connectivity index (χ3v) is 6.27. The molecule has 1 aliphatic heterocycles. The summed E-state index contributed by atoms with van der Waals surface area (Å²) in [5.41, 5.74) is 3.45. The molecule has 1 aliphatic rings. The number of imidazole rings is 1. The molecule has 10 nitrogen and oxygen atoms in total. The third-order valence-electron chi connectivity index (χ3n) is 4.69. The number of fused-ring (bicyclic) bond motifs is 2. The van der Waals surface area contributed by atoms with Gasteiger partial charge in [-0.15, -0.1) is 0 Å². The molecule has 0 aliphatic carbocycles. The highest BCUT2D eigenvalue weighted by atomic mass is 32.2. The molecule has 0 fully saturated rings. The molecule has 150 valence electrons. The topological polar surface area (TPSA) is 114 Å². The van der Waals surface area contributed by atoms with E-state index in [1.165, 1.54) is 29.9 Å². The van der Waals surface area contributed by atoms with E-state index in [9.17, 15) is 13.2 Å². The van der Waals surface area contributed by atoms with E-state index in [1.54, 1.807) is 24.4 Å². The predicted octanol–water partition coefficient (Wildman–Crippen LogP) is 1.34. The van der Waals surface area contributed by atoms with Crippen LogP contribution in [0.1, 0.15) is 12.5 Å². The quantitative estimate of drug-likeness (QED) is 0.497. The van der Waals surface area contributed by atoms with Crippen LogP contribution in [-0.4, -0.2) is 55.7 Å². The maximum atomic E-state index is 13.4. The fourth-order valence-electron chi connectivity index (χ4n) is 3.33. The number of allylic oxidation sites excluding steroid dienone is 1. The smallest absolute Gasteiger partial charge is 0.301 e. The van der Waals surface area contributed by atoms with Crippen LogP contribution in [0.2, 0.25) is 0 Å². The Morgan fingerprint density at radius 3 is 2.70 bits per heavy atom. The predicted molar refractivity (Wildman–Crippen MR) is 110 cm³/mol. The van der Waals surface area contributed by atoms with E-state index in [1.807, 2.05) is 24.0 Å². The molecule has 30 heavy (non-hydrogen) atoms. The SMILES string of the molecule is CC(=O)Nc1ccc2ncc(S(=O)(=O)n3ncc4ncc(C5=C[N+](C)=C5)cc43)n2c1. The van der Waals surface area contributed by atoms with Crippen LogP contribution < -0.4 is 5.32 Å². The minimum atomic E-state index is -4.08. The van der Waals surface area contributed by atoms with Crippen molar-refractivity contribution in [1.29, 1.82) is 0 Å². The van der Waals surface area contributed by atoms with Crippen molar-refractivity contribution in [1.82, 2.24) is 23.6 Å². The van der Waals surface area contributed by atoms with Gasteiger partial charge in [-0.05, 0) is 18.2 Å². The molecule has 4 aromatic heterocycles. The van der Waals surface area contributed by atoms with Gasteiger partial charge in [-0.1, -0.05) is 0 Å². The summed E-state index contributed by atoms with van der Waals surface area (Å²) in [5.74, 6) is -0.261. The van der Waals surface area contributed by atoms with Gasteiger partial charge >= 0.3 is 10.0 Å². The minimum absolute atomic E-state index is 0.0748. The van der Waals surface area contributed by atoms with Crippen molar-refractivity contribution in [3.8, 4) is 0 Å². The summed E-state index contributed by atoms with van der Waals surface area (Å²) in [7, 11) is -2.17.